The standard InChI is InChI=1S/C24H15F5O5S/c25-23(26,27)20(24(28,29)35(31,32)33)34-21(30)22-16-10-4-1-7-13(16)19(14-8-2-5-11-17(14)22)15-9-3-6-12-18(15)22/h1-12,19-20H,(H,31,32,33). The van der Waals surface area contributed by atoms with Gasteiger partial charge in [0.15, 0.2) is 0 Å². The van der Waals surface area contributed by atoms with Crippen molar-refractivity contribution in [1.82, 2.24) is 0 Å². The average molecular weight is 510 g/mol. The van der Waals surface area contributed by atoms with Crippen molar-refractivity contribution in [3.8, 4) is 0 Å². The lowest BCUT2D eigenvalue weighted by atomic mass is 9.53. The van der Waals surface area contributed by atoms with E-state index in [1.807, 2.05) is 0 Å². The van der Waals surface area contributed by atoms with Crippen LogP contribution in [0.15, 0.2) is 72.8 Å². The maximum atomic E-state index is 14.3. The van der Waals surface area contributed by atoms with Gasteiger partial charge in [0.25, 0.3) is 6.10 Å². The monoisotopic (exact) mass is 510 g/mol. The van der Waals surface area contributed by atoms with Gasteiger partial charge in [-0.3, -0.25) is 9.35 Å². The van der Waals surface area contributed by atoms with Crippen molar-refractivity contribution < 1.29 is 44.5 Å². The van der Waals surface area contributed by atoms with Crippen LogP contribution in [0.4, 0.5) is 22.0 Å². The van der Waals surface area contributed by atoms with Gasteiger partial charge in [0, 0.05) is 5.92 Å². The molecular formula is C24H15F5O5S. The number of esters is 1. The van der Waals surface area contributed by atoms with Crippen molar-refractivity contribution in [1.29, 1.82) is 0 Å². The van der Waals surface area contributed by atoms with E-state index in [1.165, 1.54) is 18.2 Å². The third-order valence-corrected chi connectivity index (χ3v) is 7.41. The predicted molar refractivity (Wildman–Crippen MR) is 113 cm³/mol. The Hall–Kier alpha value is -3.31. The van der Waals surface area contributed by atoms with Gasteiger partial charge >= 0.3 is 27.5 Å². The molecular weight excluding hydrogens is 495 g/mol. The van der Waals surface area contributed by atoms with Gasteiger partial charge in [-0.25, -0.2) is 0 Å². The maximum absolute atomic E-state index is 14.3. The van der Waals surface area contributed by atoms with Crippen molar-refractivity contribution in [2.75, 3.05) is 0 Å². The van der Waals surface area contributed by atoms with Crippen molar-refractivity contribution in [2.24, 2.45) is 0 Å². The van der Waals surface area contributed by atoms with Gasteiger partial charge in [-0.1, -0.05) is 72.8 Å². The molecule has 3 aromatic carbocycles. The molecule has 5 nitrogen and oxygen atoms in total. The highest BCUT2D eigenvalue weighted by Crippen LogP contribution is 2.59. The fourth-order valence-electron chi connectivity index (χ4n) is 5.20. The van der Waals surface area contributed by atoms with Crippen molar-refractivity contribution in [2.45, 2.75) is 28.9 Å². The van der Waals surface area contributed by atoms with Crippen LogP contribution in [-0.2, 0) is 25.1 Å². The Kier molecular flexibility index (Phi) is 4.92. The summed E-state index contributed by atoms with van der Waals surface area (Å²) >= 11 is 0. The molecule has 0 spiro atoms. The third-order valence-electron chi connectivity index (χ3n) is 6.50. The van der Waals surface area contributed by atoms with Gasteiger partial charge < -0.3 is 4.74 Å². The van der Waals surface area contributed by atoms with Crippen LogP contribution in [0.2, 0.25) is 0 Å². The molecule has 1 unspecified atom stereocenters. The molecule has 1 N–H and O–H groups in total. The van der Waals surface area contributed by atoms with E-state index in [2.05, 4.69) is 4.74 Å². The van der Waals surface area contributed by atoms with E-state index in [-0.39, 0.29) is 22.6 Å². The first-order valence-electron chi connectivity index (χ1n) is 10.2. The molecule has 182 valence electrons. The molecule has 0 radical (unpaired) electrons. The normalized spacial score (nSPS) is 21.5. The Balaban J connectivity index is 1.79. The fourth-order valence-corrected chi connectivity index (χ4v) is 5.65. The van der Waals surface area contributed by atoms with Crippen LogP contribution in [0.3, 0.4) is 0 Å². The molecule has 0 heterocycles. The number of ether oxygens (including phenoxy) is 1. The van der Waals surface area contributed by atoms with Gasteiger partial charge in [0.2, 0.25) is 0 Å². The van der Waals surface area contributed by atoms with Crippen LogP contribution in [0, 0.1) is 0 Å². The minimum atomic E-state index is -6.59. The number of hydrogen-bond acceptors (Lipinski definition) is 4. The molecule has 0 fully saturated rings. The molecule has 0 aliphatic heterocycles. The van der Waals surface area contributed by atoms with Crippen LogP contribution in [-0.4, -0.2) is 36.5 Å². The first-order valence-corrected chi connectivity index (χ1v) is 11.7. The van der Waals surface area contributed by atoms with E-state index in [1.54, 1.807) is 54.6 Å². The summed E-state index contributed by atoms with van der Waals surface area (Å²) in [6.07, 6.45) is -10.5. The zero-order chi connectivity index (χ0) is 25.4. The number of carbonyl (C=O) groups is 1. The van der Waals surface area contributed by atoms with Crippen LogP contribution >= 0.6 is 0 Å². The zero-order valence-corrected chi connectivity index (χ0v) is 18.3. The van der Waals surface area contributed by atoms with Gasteiger partial charge in [0.1, 0.15) is 5.41 Å². The maximum Gasteiger partial charge on any atom is 0.432 e. The van der Waals surface area contributed by atoms with Crippen molar-refractivity contribution in [3.63, 3.8) is 0 Å². The summed E-state index contributed by atoms with van der Waals surface area (Å²) in [6.45, 7) is 0. The average Bonchev–Trinajstić information content (AvgIpc) is 2.80. The Bertz CT molecular complexity index is 1350. The van der Waals surface area contributed by atoms with Crippen molar-refractivity contribution in [3.05, 3.63) is 106 Å². The van der Waals surface area contributed by atoms with Gasteiger partial charge in [-0.15, -0.1) is 0 Å². The molecule has 0 aromatic heterocycles. The second-order valence-electron chi connectivity index (χ2n) is 8.31. The van der Waals surface area contributed by atoms with E-state index in [0.29, 0.717) is 16.7 Å². The Morgan fingerprint density at radius 1 is 0.800 bits per heavy atom. The van der Waals surface area contributed by atoms with Gasteiger partial charge in [-0.05, 0) is 33.4 Å². The molecule has 35 heavy (non-hydrogen) atoms. The highest BCUT2D eigenvalue weighted by molar-refractivity contribution is 7.86. The van der Waals surface area contributed by atoms with Crippen molar-refractivity contribution >= 4 is 16.1 Å². The Labute approximate surface area is 195 Å². The molecule has 3 aromatic rings. The summed E-state index contributed by atoms with van der Waals surface area (Å²) in [4.78, 5) is 13.8. The van der Waals surface area contributed by atoms with Crippen LogP contribution in [0.1, 0.15) is 39.3 Å². The van der Waals surface area contributed by atoms with E-state index >= 15 is 0 Å². The zero-order valence-electron chi connectivity index (χ0n) is 17.5. The summed E-state index contributed by atoms with van der Waals surface area (Å²) in [5, 5.41) is -5.85. The molecule has 0 saturated heterocycles. The van der Waals surface area contributed by atoms with E-state index in [0.717, 1.165) is 0 Å². The minimum Gasteiger partial charge on any atom is -0.444 e. The summed E-state index contributed by atoms with van der Waals surface area (Å²) in [7, 11) is -6.59. The van der Waals surface area contributed by atoms with Gasteiger partial charge in [-0.2, -0.15) is 30.4 Å². The highest BCUT2D eigenvalue weighted by Gasteiger charge is 2.68. The number of benzene rings is 3. The first-order chi connectivity index (χ1) is 16.3. The summed E-state index contributed by atoms with van der Waals surface area (Å²) in [6, 6.07) is 19.2. The lowest BCUT2D eigenvalue weighted by Gasteiger charge is -2.49. The van der Waals surface area contributed by atoms with E-state index in [9.17, 15) is 35.2 Å². The number of carbonyl (C=O) groups excluding carboxylic acids is 1. The van der Waals surface area contributed by atoms with E-state index < -0.39 is 39.0 Å². The highest BCUT2D eigenvalue weighted by atomic mass is 32.2. The largest absolute Gasteiger partial charge is 0.444 e. The molecule has 2 bridgehead atoms. The lowest BCUT2D eigenvalue weighted by molar-refractivity contribution is -0.260. The number of rotatable bonds is 4. The number of alkyl halides is 5. The molecule has 1 atom stereocenters. The molecule has 0 saturated carbocycles. The minimum absolute atomic E-state index is 0.239. The topological polar surface area (TPSA) is 80.7 Å². The summed E-state index contributed by atoms with van der Waals surface area (Å²) in [5.74, 6) is -2.11. The number of halogens is 5. The lowest BCUT2D eigenvalue weighted by Crippen LogP contribution is -2.56. The quantitative estimate of drug-likeness (QED) is 0.310. The SMILES string of the molecule is O=C(OC(C(F)(F)F)C(F)(F)S(=O)(=O)O)C12c3ccccc3C(c3ccccc31)c1ccccc12. The smallest absolute Gasteiger partial charge is 0.432 e. The fraction of sp³-hybridized carbons (Fsp3) is 0.208. The van der Waals surface area contributed by atoms with Crippen LogP contribution in [0.5, 0.6) is 0 Å². The molecule has 0 amide bonds. The second kappa shape index (κ2) is 7.34. The molecule has 6 rings (SSSR count). The second-order valence-corrected chi connectivity index (χ2v) is 9.80. The first kappa shape index (κ1) is 23.4. The Morgan fingerprint density at radius 2 is 1.17 bits per heavy atom. The molecule has 11 heteroatoms. The molecule has 3 aliphatic carbocycles. The van der Waals surface area contributed by atoms with Gasteiger partial charge in [0.05, 0.1) is 0 Å². The van der Waals surface area contributed by atoms with Crippen LogP contribution < -0.4 is 0 Å². The number of hydrogen-bond donors (Lipinski definition) is 1. The Morgan fingerprint density at radius 3 is 1.51 bits per heavy atom. The summed E-state index contributed by atoms with van der Waals surface area (Å²) in [5.41, 5.74) is 0.360. The summed E-state index contributed by atoms with van der Waals surface area (Å²) < 4.78 is 105. The third kappa shape index (κ3) is 3.07. The van der Waals surface area contributed by atoms with E-state index in [4.69, 9.17) is 4.55 Å². The predicted octanol–water partition coefficient (Wildman–Crippen LogP) is 4.78. The molecule has 3 aliphatic rings. The van der Waals surface area contributed by atoms with Crippen LogP contribution in [0.25, 0.3) is 0 Å².